The molecule has 0 radical (unpaired) electrons. The molecule has 0 fully saturated rings. The Labute approximate surface area is 125 Å². The van der Waals surface area contributed by atoms with Crippen molar-refractivity contribution in [1.82, 2.24) is 19.6 Å². The summed E-state index contributed by atoms with van der Waals surface area (Å²) < 4.78 is 2.23. The quantitative estimate of drug-likeness (QED) is 0.608. The van der Waals surface area contributed by atoms with E-state index in [9.17, 15) is 0 Å². The molecule has 0 atom stereocenters. The lowest BCUT2D eigenvalue weighted by Gasteiger charge is -2.07. The molecule has 3 heterocycles. The molecule has 6 heteroatoms. The van der Waals surface area contributed by atoms with Crippen LogP contribution in [0, 0.1) is 13.8 Å². The molecular formula is C15H15N5S. The molecule has 0 aliphatic rings. The van der Waals surface area contributed by atoms with Crippen LogP contribution in [0.3, 0.4) is 0 Å². The summed E-state index contributed by atoms with van der Waals surface area (Å²) in [5.41, 5.74) is 5.68. The Kier molecular flexibility index (Phi) is 2.71. The van der Waals surface area contributed by atoms with E-state index in [2.05, 4.69) is 56.3 Å². The maximum atomic E-state index is 4.61. The second-order valence-corrected chi connectivity index (χ2v) is 6.00. The first-order valence-corrected chi connectivity index (χ1v) is 7.69. The monoisotopic (exact) mass is 297 g/mol. The van der Waals surface area contributed by atoms with Crippen molar-refractivity contribution in [3.05, 3.63) is 46.9 Å². The highest BCUT2D eigenvalue weighted by Gasteiger charge is 2.11. The van der Waals surface area contributed by atoms with Crippen molar-refractivity contribution >= 4 is 32.9 Å². The minimum absolute atomic E-state index is 0.758. The first kappa shape index (κ1) is 12.4. The first-order chi connectivity index (χ1) is 10.2. The molecule has 0 aliphatic heterocycles. The Morgan fingerprint density at radius 1 is 1.33 bits per heavy atom. The van der Waals surface area contributed by atoms with Gasteiger partial charge in [-0.1, -0.05) is 0 Å². The summed E-state index contributed by atoms with van der Waals surface area (Å²) in [5, 5.41) is 13.7. The van der Waals surface area contributed by atoms with E-state index < -0.39 is 0 Å². The maximum Gasteiger partial charge on any atom is 0.194 e. The molecule has 0 bridgehead atoms. The Balaban J connectivity index is 1.65. The normalized spacial score (nSPS) is 11.5. The Hall–Kier alpha value is -2.34. The van der Waals surface area contributed by atoms with Crippen LogP contribution >= 0.6 is 11.3 Å². The zero-order valence-corrected chi connectivity index (χ0v) is 12.7. The summed E-state index contributed by atoms with van der Waals surface area (Å²) in [4.78, 5) is 5.68. The summed E-state index contributed by atoms with van der Waals surface area (Å²) in [6.45, 7) is 4.94. The molecule has 1 aromatic carbocycles. The third-order valence-corrected chi connectivity index (χ3v) is 4.67. The standard InChI is InChI=1S/C15H15N5S/c1-9-8-21-15-18-10(2)14(20(9)15)7-16-12-3-4-13-11(5-12)6-17-19-13/h3-6,8,16H,7H2,1-2H3,(H,17,19). The lowest BCUT2D eigenvalue weighted by Crippen LogP contribution is -2.04. The largest absolute Gasteiger partial charge is 0.379 e. The number of anilines is 1. The van der Waals surface area contributed by atoms with Gasteiger partial charge >= 0.3 is 0 Å². The van der Waals surface area contributed by atoms with Crippen LogP contribution in [0.1, 0.15) is 17.1 Å². The number of benzene rings is 1. The molecule has 0 unspecified atom stereocenters. The van der Waals surface area contributed by atoms with E-state index in [1.165, 1.54) is 11.4 Å². The number of imidazole rings is 1. The van der Waals surface area contributed by atoms with Crippen molar-refractivity contribution in [3.63, 3.8) is 0 Å². The van der Waals surface area contributed by atoms with Crippen molar-refractivity contribution in [1.29, 1.82) is 0 Å². The fraction of sp³-hybridized carbons (Fsp3) is 0.200. The van der Waals surface area contributed by atoms with E-state index in [4.69, 9.17) is 0 Å². The number of hydrogen-bond donors (Lipinski definition) is 2. The van der Waals surface area contributed by atoms with E-state index in [0.717, 1.165) is 33.8 Å². The second kappa shape index (κ2) is 4.60. The summed E-state index contributed by atoms with van der Waals surface area (Å²) in [5.74, 6) is 0. The van der Waals surface area contributed by atoms with Crippen LogP contribution in [-0.2, 0) is 6.54 Å². The Morgan fingerprint density at radius 3 is 3.14 bits per heavy atom. The minimum Gasteiger partial charge on any atom is -0.379 e. The van der Waals surface area contributed by atoms with E-state index in [0.29, 0.717) is 0 Å². The molecule has 4 aromatic rings. The third kappa shape index (κ3) is 1.99. The van der Waals surface area contributed by atoms with Gasteiger partial charge < -0.3 is 5.32 Å². The highest BCUT2D eigenvalue weighted by molar-refractivity contribution is 7.15. The number of rotatable bonds is 3. The number of fused-ring (bicyclic) bond motifs is 2. The number of H-pyrrole nitrogens is 1. The Bertz CT molecular complexity index is 930. The molecule has 0 amide bonds. The van der Waals surface area contributed by atoms with E-state index in [-0.39, 0.29) is 0 Å². The Morgan fingerprint density at radius 2 is 2.24 bits per heavy atom. The van der Waals surface area contributed by atoms with Crippen molar-refractivity contribution in [2.24, 2.45) is 0 Å². The van der Waals surface area contributed by atoms with Crippen LogP contribution < -0.4 is 5.32 Å². The summed E-state index contributed by atoms with van der Waals surface area (Å²) in [6, 6.07) is 6.21. The van der Waals surface area contributed by atoms with Crippen LogP contribution in [-0.4, -0.2) is 19.6 Å². The van der Waals surface area contributed by atoms with Gasteiger partial charge in [-0.15, -0.1) is 11.3 Å². The van der Waals surface area contributed by atoms with Gasteiger partial charge in [0, 0.05) is 22.1 Å². The molecule has 0 aliphatic carbocycles. The molecule has 5 nitrogen and oxygen atoms in total. The smallest absolute Gasteiger partial charge is 0.194 e. The van der Waals surface area contributed by atoms with Gasteiger partial charge in [0.1, 0.15) is 0 Å². The molecule has 0 saturated carbocycles. The first-order valence-electron chi connectivity index (χ1n) is 6.81. The van der Waals surface area contributed by atoms with Gasteiger partial charge in [0.15, 0.2) is 4.96 Å². The number of aromatic nitrogens is 4. The fourth-order valence-electron chi connectivity index (χ4n) is 2.61. The highest BCUT2D eigenvalue weighted by Crippen LogP contribution is 2.22. The average Bonchev–Trinajstić information content (AvgIpc) is 3.14. The van der Waals surface area contributed by atoms with Gasteiger partial charge in [0.2, 0.25) is 0 Å². The lowest BCUT2D eigenvalue weighted by molar-refractivity contribution is 0.967. The zero-order chi connectivity index (χ0) is 14.4. The van der Waals surface area contributed by atoms with E-state index in [1.54, 1.807) is 11.3 Å². The molecule has 4 rings (SSSR count). The van der Waals surface area contributed by atoms with Crippen LogP contribution in [0.15, 0.2) is 29.8 Å². The summed E-state index contributed by atoms with van der Waals surface area (Å²) in [7, 11) is 0. The lowest BCUT2D eigenvalue weighted by atomic mass is 10.2. The number of nitrogens with one attached hydrogen (secondary N) is 2. The summed E-state index contributed by atoms with van der Waals surface area (Å²) >= 11 is 1.69. The maximum absolute atomic E-state index is 4.61. The van der Waals surface area contributed by atoms with Gasteiger partial charge in [-0.3, -0.25) is 9.50 Å². The van der Waals surface area contributed by atoms with Gasteiger partial charge in [-0.25, -0.2) is 4.98 Å². The van der Waals surface area contributed by atoms with Gasteiger partial charge in [0.05, 0.1) is 29.6 Å². The van der Waals surface area contributed by atoms with Crippen molar-refractivity contribution in [2.75, 3.05) is 5.32 Å². The number of thiazole rings is 1. The topological polar surface area (TPSA) is 58.0 Å². The second-order valence-electron chi connectivity index (χ2n) is 5.16. The zero-order valence-electron chi connectivity index (χ0n) is 11.8. The molecular weight excluding hydrogens is 282 g/mol. The van der Waals surface area contributed by atoms with Crippen LogP contribution in [0.2, 0.25) is 0 Å². The molecule has 0 spiro atoms. The van der Waals surface area contributed by atoms with Crippen molar-refractivity contribution < 1.29 is 0 Å². The summed E-state index contributed by atoms with van der Waals surface area (Å²) in [6.07, 6.45) is 1.84. The van der Waals surface area contributed by atoms with Gasteiger partial charge in [-0.2, -0.15) is 5.10 Å². The highest BCUT2D eigenvalue weighted by atomic mass is 32.1. The predicted octanol–water partition coefficient (Wildman–Crippen LogP) is 3.50. The fourth-order valence-corrected chi connectivity index (χ4v) is 3.54. The third-order valence-electron chi connectivity index (χ3n) is 3.73. The van der Waals surface area contributed by atoms with Crippen molar-refractivity contribution in [3.8, 4) is 0 Å². The number of aryl methyl sites for hydroxylation is 2. The number of aromatic amines is 1. The van der Waals surface area contributed by atoms with E-state index in [1.807, 2.05) is 12.3 Å². The average molecular weight is 297 g/mol. The van der Waals surface area contributed by atoms with Crippen LogP contribution in [0.25, 0.3) is 15.9 Å². The number of hydrogen-bond acceptors (Lipinski definition) is 4. The molecule has 3 aromatic heterocycles. The van der Waals surface area contributed by atoms with Crippen LogP contribution in [0.4, 0.5) is 5.69 Å². The van der Waals surface area contributed by atoms with Crippen LogP contribution in [0.5, 0.6) is 0 Å². The SMILES string of the molecule is Cc1nc2scc(C)n2c1CNc1ccc2[nH]ncc2c1. The minimum atomic E-state index is 0.758. The molecule has 106 valence electrons. The van der Waals surface area contributed by atoms with Gasteiger partial charge in [-0.05, 0) is 32.0 Å². The molecule has 21 heavy (non-hydrogen) atoms. The van der Waals surface area contributed by atoms with E-state index >= 15 is 0 Å². The van der Waals surface area contributed by atoms with Gasteiger partial charge in [0.25, 0.3) is 0 Å². The predicted molar refractivity (Wildman–Crippen MR) is 86.0 cm³/mol. The molecule has 0 saturated heterocycles. The number of nitrogens with zero attached hydrogens (tertiary/aromatic N) is 3. The molecule has 2 N–H and O–H groups in total. The van der Waals surface area contributed by atoms with Crippen molar-refractivity contribution in [2.45, 2.75) is 20.4 Å².